The second kappa shape index (κ2) is 32.4. The quantitative estimate of drug-likeness (QED) is 0.0784. The summed E-state index contributed by atoms with van der Waals surface area (Å²) in [5.41, 5.74) is 4.83. The lowest BCUT2D eigenvalue weighted by atomic mass is 9.80. The summed E-state index contributed by atoms with van der Waals surface area (Å²) in [6, 6.07) is -3.39. The SMILES string of the molecule is CCOC(=O)C1(C)CCN(C(=O)[C@H](CC(C)CCC(C)C[C@@H]2NCCN([C@@H](CC(C)C(C)C[C@@H]3NCCN([C@@H](CC(C)C)C(=O)N4CCC(CC(N)=O)CC4)C3=O)C(=O)N3CCC(CC(=O)OC)CC3)C2=O)N2CCN[C@@H](CC(C)C)C2=O)CC1. The molecule has 6 saturated heterocycles. The van der Waals surface area contributed by atoms with Crippen LogP contribution in [0.15, 0.2) is 0 Å². The Bertz CT molecular complexity index is 2260. The summed E-state index contributed by atoms with van der Waals surface area (Å²) < 4.78 is 10.4. The highest BCUT2D eigenvalue weighted by Crippen LogP contribution is 2.35. The number of hydrogen-bond acceptors (Lipinski definition) is 14. The Morgan fingerprint density at radius 2 is 0.965 bits per heavy atom. The van der Waals surface area contributed by atoms with Gasteiger partial charge in [0.25, 0.3) is 0 Å². The van der Waals surface area contributed by atoms with Gasteiger partial charge in [-0.15, -0.1) is 0 Å². The van der Waals surface area contributed by atoms with Crippen molar-refractivity contribution < 1.29 is 52.6 Å². The molecule has 21 nitrogen and oxygen atoms in total. The van der Waals surface area contributed by atoms with E-state index in [4.69, 9.17) is 15.2 Å². The fraction of sp³-hybridized carbons (Fsp3) is 0.859. The second-order valence-corrected chi connectivity index (χ2v) is 27.7. The van der Waals surface area contributed by atoms with Gasteiger partial charge in [0.05, 0.1) is 37.3 Å². The van der Waals surface area contributed by atoms with Crippen molar-refractivity contribution in [3.05, 3.63) is 0 Å². The van der Waals surface area contributed by atoms with Gasteiger partial charge in [-0.3, -0.25) is 43.2 Å². The summed E-state index contributed by atoms with van der Waals surface area (Å²) in [6.07, 6.45) is 9.00. The lowest BCUT2D eigenvalue weighted by Gasteiger charge is -2.43. The minimum Gasteiger partial charge on any atom is -0.469 e. The molecular formula is C64H110N10O11. The van der Waals surface area contributed by atoms with Crippen molar-refractivity contribution in [2.45, 2.75) is 208 Å². The van der Waals surface area contributed by atoms with Crippen LogP contribution in [0.3, 0.4) is 0 Å². The number of carbonyl (C=O) groups excluding carboxylic acids is 9. The molecule has 0 saturated carbocycles. The fourth-order valence-electron chi connectivity index (χ4n) is 14.2. The first kappa shape index (κ1) is 69.2. The highest BCUT2D eigenvalue weighted by Gasteiger charge is 2.46. The van der Waals surface area contributed by atoms with E-state index in [-0.39, 0.29) is 101 Å². The normalized spacial score (nSPS) is 24.7. The van der Waals surface area contributed by atoms with Crippen LogP contribution in [-0.4, -0.2) is 211 Å². The number of nitrogens with zero attached hydrogens (tertiary/aromatic N) is 6. The summed E-state index contributed by atoms with van der Waals surface area (Å²) in [5.74, 6) is -0.548. The molecule has 0 aromatic rings. The summed E-state index contributed by atoms with van der Waals surface area (Å²) in [5, 5.41) is 10.4. The summed E-state index contributed by atoms with van der Waals surface area (Å²) in [7, 11) is 1.39. The zero-order chi connectivity index (χ0) is 62.3. The minimum atomic E-state index is -0.741. The molecule has 482 valence electrons. The van der Waals surface area contributed by atoms with E-state index >= 15 is 4.79 Å². The molecule has 0 aromatic carbocycles. The Morgan fingerprint density at radius 1 is 0.541 bits per heavy atom. The van der Waals surface area contributed by atoms with Gasteiger partial charge in [0.15, 0.2) is 0 Å². The van der Waals surface area contributed by atoms with Gasteiger partial charge in [-0.2, -0.15) is 0 Å². The van der Waals surface area contributed by atoms with Crippen molar-refractivity contribution in [3.8, 4) is 0 Å². The number of likely N-dealkylation sites (tertiary alicyclic amines) is 3. The molecule has 0 spiro atoms. The standard InChI is InChI=1S/C64H110N10O11/c1-12-85-63(83)64(10)19-28-71(29-20-64)61(81)53(73-31-21-66-49(57(73)77)33-41(2)3)36-44(7)14-13-43(6)35-50-58(78)74(32-22-67-50)54(62(82)70-26-17-48(18-27-70)40-56(76)84-11)38-46(9)45(8)37-51-59(79)72(30-23-68-51)52(34-42(4)5)60(80)69-24-15-47(16-25-69)39-55(65)75/h41-54,66-68H,12-40H2,1-11H3,(H2,65,75)/t43?,44?,45?,46?,49-,50-,51-,52-,53-,54-/m0/s1. The Kier molecular flexibility index (Phi) is 26.4. The van der Waals surface area contributed by atoms with Crippen LogP contribution >= 0.6 is 0 Å². The van der Waals surface area contributed by atoms with E-state index in [9.17, 15) is 38.4 Å². The number of piperidine rings is 3. The Labute approximate surface area is 508 Å². The molecule has 6 rings (SSSR count). The maximum atomic E-state index is 15.0. The van der Waals surface area contributed by atoms with Crippen molar-refractivity contribution in [2.75, 3.05) is 92.3 Å². The van der Waals surface area contributed by atoms with Gasteiger partial charge in [-0.05, 0) is 138 Å². The molecule has 85 heavy (non-hydrogen) atoms. The number of amides is 7. The van der Waals surface area contributed by atoms with Gasteiger partial charge in [-0.25, -0.2) is 0 Å². The highest BCUT2D eigenvalue weighted by atomic mass is 16.5. The average molecular weight is 1200 g/mol. The molecule has 6 fully saturated rings. The number of ether oxygens (including phenoxy) is 2. The predicted molar refractivity (Wildman–Crippen MR) is 325 cm³/mol. The third-order valence-corrected chi connectivity index (χ3v) is 19.9. The molecule has 4 unspecified atom stereocenters. The molecule has 10 atom stereocenters. The van der Waals surface area contributed by atoms with Gasteiger partial charge in [0, 0.05) is 91.4 Å². The van der Waals surface area contributed by atoms with E-state index in [1.165, 1.54) is 7.11 Å². The van der Waals surface area contributed by atoms with Crippen LogP contribution in [0.25, 0.3) is 0 Å². The van der Waals surface area contributed by atoms with E-state index in [0.29, 0.717) is 181 Å². The zero-order valence-electron chi connectivity index (χ0n) is 53.8. The second-order valence-electron chi connectivity index (χ2n) is 27.7. The van der Waals surface area contributed by atoms with Crippen LogP contribution in [0.4, 0.5) is 0 Å². The fourth-order valence-corrected chi connectivity index (χ4v) is 14.2. The topological polar surface area (TPSA) is 254 Å². The molecule has 0 radical (unpaired) electrons. The number of nitrogens with one attached hydrogen (secondary N) is 3. The molecule has 0 bridgehead atoms. The lowest BCUT2D eigenvalue weighted by molar-refractivity contribution is -0.160. The van der Waals surface area contributed by atoms with E-state index in [2.05, 4.69) is 71.3 Å². The van der Waals surface area contributed by atoms with Gasteiger partial charge < -0.3 is 60.6 Å². The van der Waals surface area contributed by atoms with Crippen LogP contribution in [0.2, 0.25) is 0 Å². The molecule has 5 N–H and O–H groups in total. The average Bonchev–Trinajstić information content (AvgIpc) is 3.45. The van der Waals surface area contributed by atoms with Gasteiger partial charge >= 0.3 is 11.9 Å². The minimum absolute atomic E-state index is 0.0430. The number of hydrogen-bond donors (Lipinski definition) is 4. The number of piperazine rings is 3. The van der Waals surface area contributed by atoms with Crippen LogP contribution < -0.4 is 21.7 Å². The van der Waals surface area contributed by atoms with Crippen molar-refractivity contribution in [3.63, 3.8) is 0 Å². The molecule has 6 aliphatic rings. The smallest absolute Gasteiger partial charge is 0.311 e. The van der Waals surface area contributed by atoms with Crippen molar-refractivity contribution in [1.82, 2.24) is 45.3 Å². The molecular weight excluding hydrogens is 1080 g/mol. The lowest BCUT2D eigenvalue weighted by Crippen LogP contribution is -2.63. The first-order valence-electron chi connectivity index (χ1n) is 32.8. The third kappa shape index (κ3) is 19.1. The van der Waals surface area contributed by atoms with E-state index in [0.717, 1.165) is 12.8 Å². The van der Waals surface area contributed by atoms with Crippen molar-refractivity contribution >= 4 is 53.3 Å². The Morgan fingerprint density at radius 3 is 1.41 bits per heavy atom. The summed E-state index contributed by atoms with van der Waals surface area (Å²) in [4.78, 5) is 135. The number of primary amides is 1. The number of carbonyl (C=O) groups is 9. The zero-order valence-corrected chi connectivity index (χ0v) is 53.8. The van der Waals surface area contributed by atoms with Gasteiger partial charge in [0.1, 0.15) is 18.1 Å². The molecule has 6 heterocycles. The first-order chi connectivity index (χ1) is 40.3. The Hall–Kier alpha value is -4.89. The number of rotatable bonds is 28. The monoisotopic (exact) mass is 1190 g/mol. The van der Waals surface area contributed by atoms with Crippen LogP contribution in [0, 0.1) is 52.8 Å². The number of nitrogens with two attached hydrogens (primary N) is 1. The van der Waals surface area contributed by atoms with Crippen LogP contribution in [0.1, 0.15) is 172 Å². The maximum Gasteiger partial charge on any atom is 0.311 e. The predicted octanol–water partition coefficient (Wildman–Crippen LogP) is 4.58. The van der Waals surface area contributed by atoms with Crippen LogP contribution in [-0.2, 0) is 52.6 Å². The third-order valence-electron chi connectivity index (χ3n) is 19.9. The van der Waals surface area contributed by atoms with Crippen LogP contribution in [0.5, 0.6) is 0 Å². The molecule has 6 aliphatic heterocycles. The Balaban J connectivity index is 1.12. The first-order valence-corrected chi connectivity index (χ1v) is 32.8. The largest absolute Gasteiger partial charge is 0.469 e. The molecule has 7 amide bonds. The maximum absolute atomic E-state index is 15.0. The van der Waals surface area contributed by atoms with E-state index < -0.39 is 35.6 Å². The molecule has 0 aliphatic carbocycles. The highest BCUT2D eigenvalue weighted by molar-refractivity contribution is 5.92. The number of esters is 2. The van der Waals surface area contributed by atoms with Gasteiger partial charge in [-0.1, -0.05) is 68.2 Å². The van der Waals surface area contributed by atoms with Crippen molar-refractivity contribution in [1.29, 1.82) is 0 Å². The molecule has 0 aromatic heterocycles. The van der Waals surface area contributed by atoms with Crippen molar-refractivity contribution in [2.24, 2.45) is 58.5 Å². The number of methoxy groups -OCH3 is 1. The van der Waals surface area contributed by atoms with Gasteiger partial charge in [0.2, 0.25) is 41.4 Å². The summed E-state index contributed by atoms with van der Waals surface area (Å²) in [6.45, 7) is 26.5. The summed E-state index contributed by atoms with van der Waals surface area (Å²) >= 11 is 0. The molecule has 21 heteroatoms. The van der Waals surface area contributed by atoms with E-state index in [1.807, 2.05) is 26.5 Å². The van der Waals surface area contributed by atoms with E-state index in [1.54, 1.807) is 16.7 Å².